The van der Waals surface area contributed by atoms with Gasteiger partial charge in [-0.05, 0) is 43.3 Å². The molecule has 0 aliphatic carbocycles. The molecule has 0 saturated carbocycles. The van der Waals surface area contributed by atoms with Crippen LogP contribution in [0.2, 0.25) is 0 Å². The Morgan fingerprint density at radius 1 is 1.36 bits per heavy atom. The highest BCUT2D eigenvalue weighted by molar-refractivity contribution is 8.01. The molecule has 3 aromatic rings. The molecule has 1 unspecified atom stereocenters. The molecule has 3 heterocycles. The van der Waals surface area contributed by atoms with E-state index < -0.39 is 4.92 Å². The molecule has 144 valence electrons. The van der Waals surface area contributed by atoms with Crippen molar-refractivity contribution in [2.75, 3.05) is 6.54 Å². The summed E-state index contributed by atoms with van der Waals surface area (Å²) >= 11 is 4.35. The lowest BCUT2D eigenvalue weighted by molar-refractivity contribution is -0.387. The second-order valence-corrected chi connectivity index (χ2v) is 9.59. The number of carbonyl (C=O) groups is 1. The molecule has 0 spiro atoms. The zero-order chi connectivity index (χ0) is 19.7. The predicted octanol–water partition coefficient (Wildman–Crippen LogP) is 5.55. The summed E-state index contributed by atoms with van der Waals surface area (Å²) in [6, 6.07) is 8.82. The highest BCUT2D eigenvalue weighted by Crippen LogP contribution is 2.39. The Kier molecular flexibility index (Phi) is 5.47. The van der Waals surface area contributed by atoms with E-state index in [0.717, 1.165) is 27.8 Å². The molecule has 9 heteroatoms. The minimum absolute atomic E-state index is 0.0545. The first-order chi connectivity index (χ1) is 13.5. The molecule has 28 heavy (non-hydrogen) atoms. The Morgan fingerprint density at radius 2 is 2.21 bits per heavy atom. The third kappa shape index (κ3) is 3.82. The van der Waals surface area contributed by atoms with Crippen molar-refractivity contribution in [3.63, 3.8) is 0 Å². The number of benzene rings is 1. The van der Waals surface area contributed by atoms with Gasteiger partial charge in [0, 0.05) is 34.1 Å². The van der Waals surface area contributed by atoms with Gasteiger partial charge in [-0.25, -0.2) is 4.98 Å². The lowest BCUT2D eigenvalue weighted by Gasteiger charge is -2.24. The summed E-state index contributed by atoms with van der Waals surface area (Å²) in [4.78, 5) is 32.1. The van der Waals surface area contributed by atoms with Gasteiger partial charge in [-0.3, -0.25) is 14.9 Å². The van der Waals surface area contributed by atoms with Crippen LogP contribution in [0.25, 0.3) is 0 Å². The smallest absolute Gasteiger partial charge is 0.284 e. The van der Waals surface area contributed by atoms with Gasteiger partial charge in [0.2, 0.25) is 0 Å². The summed E-state index contributed by atoms with van der Waals surface area (Å²) in [6.07, 6.45) is 1.86. The third-order valence-electron chi connectivity index (χ3n) is 4.58. The lowest BCUT2D eigenvalue weighted by Crippen LogP contribution is -2.30. The maximum absolute atomic E-state index is 13.1. The summed E-state index contributed by atoms with van der Waals surface area (Å²) in [5, 5.41) is 15.5. The van der Waals surface area contributed by atoms with E-state index in [2.05, 4.69) is 4.98 Å². The van der Waals surface area contributed by atoms with E-state index in [0.29, 0.717) is 17.0 Å². The minimum Gasteiger partial charge on any atom is -0.331 e. The first-order valence-corrected chi connectivity index (χ1v) is 11.3. The van der Waals surface area contributed by atoms with Gasteiger partial charge in [-0.2, -0.15) is 0 Å². The van der Waals surface area contributed by atoms with Crippen LogP contribution in [0.3, 0.4) is 0 Å². The molecule has 6 nitrogen and oxygen atoms in total. The van der Waals surface area contributed by atoms with Crippen molar-refractivity contribution in [3.05, 3.63) is 67.3 Å². The van der Waals surface area contributed by atoms with Crippen LogP contribution in [0.4, 0.5) is 5.69 Å². The van der Waals surface area contributed by atoms with Crippen molar-refractivity contribution in [1.29, 1.82) is 0 Å². The number of likely N-dealkylation sites (tertiary alicyclic amines) is 1. The van der Waals surface area contributed by atoms with Crippen LogP contribution in [0.1, 0.15) is 39.8 Å². The van der Waals surface area contributed by atoms with Crippen molar-refractivity contribution in [2.24, 2.45) is 0 Å². The minimum atomic E-state index is -0.430. The van der Waals surface area contributed by atoms with E-state index in [1.54, 1.807) is 23.5 Å². The zero-order valence-electron chi connectivity index (χ0n) is 15.0. The van der Waals surface area contributed by atoms with Crippen LogP contribution in [0.15, 0.2) is 50.3 Å². The average Bonchev–Trinajstić information content (AvgIpc) is 3.42. The van der Waals surface area contributed by atoms with Gasteiger partial charge in [0.25, 0.3) is 11.6 Å². The normalized spacial score (nSPS) is 16.5. The molecular formula is C19H17N3O3S3. The van der Waals surface area contributed by atoms with E-state index in [-0.39, 0.29) is 17.6 Å². The van der Waals surface area contributed by atoms with Crippen LogP contribution in [0.5, 0.6) is 0 Å². The van der Waals surface area contributed by atoms with Crippen LogP contribution >= 0.6 is 34.4 Å². The number of hydrogen-bond acceptors (Lipinski definition) is 7. The number of aromatic nitrogens is 1. The van der Waals surface area contributed by atoms with Crippen molar-refractivity contribution < 1.29 is 9.72 Å². The maximum atomic E-state index is 13.1. The van der Waals surface area contributed by atoms with Gasteiger partial charge in [-0.1, -0.05) is 17.8 Å². The summed E-state index contributed by atoms with van der Waals surface area (Å²) in [6.45, 7) is 2.56. The first kappa shape index (κ1) is 19.1. The molecular weight excluding hydrogens is 414 g/mol. The molecule has 0 N–H and O–H groups in total. The van der Waals surface area contributed by atoms with Crippen molar-refractivity contribution in [3.8, 4) is 0 Å². The van der Waals surface area contributed by atoms with Crippen LogP contribution in [-0.4, -0.2) is 27.3 Å². The van der Waals surface area contributed by atoms with Crippen LogP contribution < -0.4 is 0 Å². The predicted molar refractivity (Wildman–Crippen MR) is 111 cm³/mol. The number of carbonyl (C=O) groups excluding carboxylic acids is 1. The third-order valence-corrected chi connectivity index (χ3v) is 7.68. The van der Waals surface area contributed by atoms with Gasteiger partial charge in [0.15, 0.2) is 4.34 Å². The van der Waals surface area contributed by atoms with Gasteiger partial charge < -0.3 is 4.90 Å². The molecule has 1 atom stereocenters. The molecule has 1 aliphatic rings. The van der Waals surface area contributed by atoms with E-state index in [9.17, 15) is 14.9 Å². The average molecular weight is 432 g/mol. The Morgan fingerprint density at radius 3 is 2.89 bits per heavy atom. The molecule has 1 aliphatic heterocycles. The topological polar surface area (TPSA) is 76.3 Å². The second-order valence-electron chi connectivity index (χ2n) is 6.47. The van der Waals surface area contributed by atoms with Crippen molar-refractivity contribution >= 4 is 46.0 Å². The van der Waals surface area contributed by atoms with Gasteiger partial charge in [-0.15, -0.1) is 22.7 Å². The number of thiophene rings is 1. The number of thiazole rings is 1. The molecule has 0 bridgehead atoms. The van der Waals surface area contributed by atoms with Gasteiger partial charge >= 0.3 is 0 Å². The number of hydrogen-bond donors (Lipinski definition) is 0. The summed E-state index contributed by atoms with van der Waals surface area (Å²) in [5.41, 5.74) is 1.18. The monoisotopic (exact) mass is 431 g/mol. The Bertz CT molecular complexity index is 1020. The zero-order valence-corrected chi connectivity index (χ0v) is 17.5. The molecule has 1 saturated heterocycles. The van der Waals surface area contributed by atoms with Crippen LogP contribution in [0, 0.1) is 17.0 Å². The quantitative estimate of drug-likeness (QED) is 0.391. The van der Waals surface area contributed by atoms with Crippen molar-refractivity contribution in [1.82, 2.24) is 9.88 Å². The fourth-order valence-electron chi connectivity index (χ4n) is 3.31. The second kappa shape index (κ2) is 8.02. The number of nitro benzene ring substituents is 1. The number of rotatable bonds is 5. The fraction of sp³-hybridized carbons (Fsp3) is 0.263. The molecule has 0 radical (unpaired) electrons. The standard InChI is InChI=1S/C19H17N3O3S3/c1-12-11-27-19(20-12)28-17-7-6-13(10-15(17)22(24)25)18(23)21-8-2-4-14(21)16-5-3-9-26-16/h3,5-7,9-11,14H,2,4,8H2,1H3. The Balaban J connectivity index is 1.61. The Hall–Kier alpha value is -2.23. The Labute approximate surface area is 174 Å². The van der Waals surface area contributed by atoms with E-state index in [1.807, 2.05) is 34.7 Å². The molecule has 4 rings (SSSR count). The molecule has 2 aromatic heterocycles. The van der Waals surface area contributed by atoms with Gasteiger partial charge in [0.1, 0.15) is 0 Å². The largest absolute Gasteiger partial charge is 0.331 e. The fourth-order valence-corrected chi connectivity index (χ4v) is 6.06. The first-order valence-electron chi connectivity index (χ1n) is 8.76. The summed E-state index contributed by atoms with van der Waals surface area (Å²) in [7, 11) is 0. The van der Waals surface area contributed by atoms with Crippen LogP contribution in [-0.2, 0) is 0 Å². The van der Waals surface area contributed by atoms with Crippen molar-refractivity contribution in [2.45, 2.75) is 35.0 Å². The number of amides is 1. The highest BCUT2D eigenvalue weighted by Gasteiger charge is 2.32. The maximum Gasteiger partial charge on any atom is 0.284 e. The van der Waals surface area contributed by atoms with E-state index >= 15 is 0 Å². The van der Waals surface area contributed by atoms with E-state index in [1.165, 1.54) is 29.2 Å². The number of nitrogens with zero attached hydrogens (tertiary/aromatic N) is 3. The highest BCUT2D eigenvalue weighted by atomic mass is 32.2. The summed E-state index contributed by atoms with van der Waals surface area (Å²) < 4.78 is 0.747. The SMILES string of the molecule is Cc1csc(Sc2ccc(C(=O)N3CCCC3c3cccs3)cc2[N+](=O)[O-])n1. The number of nitro groups is 1. The van der Waals surface area contributed by atoms with E-state index in [4.69, 9.17) is 0 Å². The van der Waals surface area contributed by atoms with Gasteiger partial charge in [0.05, 0.1) is 15.9 Å². The summed E-state index contributed by atoms with van der Waals surface area (Å²) in [5.74, 6) is -0.152. The molecule has 1 aromatic carbocycles. The molecule has 1 fully saturated rings. The number of aryl methyl sites for hydroxylation is 1. The molecule has 1 amide bonds. The lowest BCUT2D eigenvalue weighted by atomic mass is 10.1.